The summed E-state index contributed by atoms with van der Waals surface area (Å²) < 4.78 is 0. The molecule has 2 nitrogen and oxygen atoms in total. The molecule has 0 unspecified atom stereocenters. The van der Waals surface area contributed by atoms with Crippen LogP contribution in [0.4, 0.5) is 0 Å². The monoisotopic (exact) mass is 207 g/mol. The number of hydrogen-bond donors (Lipinski definition) is 1. The van der Waals surface area contributed by atoms with E-state index in [1.54, 1.807) is 0 Å². The van der Waals surface area contributed by atoms with Crippen LogP contribution in [0.15, 0.2) is 30.3 Å². The maximum Gasteiger partial charge on any atom is 0.0853 e. The molecule has 0 fully saturated rings. The Morgan fingerprint density at radius 1 is 1.20 bits per heavy atom. The highest BCUT2D eigenvalue weighted by atomic mass is 16.3. The van der Waals surface area contributed by atoms with E-state index in [1.807, 2.05) is 44.4 Å². The van der Waals surface area contributed by atoms with Gasteiger partial charge in [0.2, 0.25) is 0 Å². The Morgan fingerprint density at radius 3 is 2.20 bits per heavy atom. The predicted octanol–water partition coefficient (Wildman–Crippen LogP) is 2.31. The van der Waals surface area contributed by atoms with Crippen molar-refractivity contribution in [3.63, 3.8) is 0 Å². The van der Waals surface area contributed by atoms with Gasteiger partial charge >= 0.3 is 0 Å². The molecule has 0 spiro atoms. The normalized spacial score (nSPS) is 14.3. The molecule has 0 aliphatic heterocycles. The van der Waals surface area contributed by atoms with Crippen LogP contribution in [0, 0.1) is 5.41 Å². The predicted molar refractivity (Wildman–Crippen MR) is 63.7 cm³/mol. The van der Waals surface area contributed by atoms with Crippen LogP contribution >= 0.6 is 0 Å². The standard InChI is InChI=1S/C13H21NO/c1-13(2,10-14(3)4)12(15)11-8-6-5-7-9-11/h5-9,12,15H,10H2,1-4H3/t12-/m1/s1. The lowest BCUT2D eigenvalue weighted by atomic mass is 9.82. The van der Waals surface area contributed by atoms with Gasteiger partial charge in [-0.15, -0.1) is 0 Å². The molecule has 0 heterocycles. The highest BCUT2D eigenvalue weighted by molar-refractivity contribution is 5.19. The van der Waals surface area contributed by atoms with Crippen molar-refractivity contribution >= 4 is 0 Å². The molecule has 0 aliphatic rings. The Labute approximate surface area is 92.5 Å². The van der Waals surface area contributed by atoms with Gasteiger partial charge in [-0.3, -0.25) is 0 Å². The Bertz CT molecular complexity index is 293. The third-order valence-corrected chi connectivity index (χ3v) is 2.58. The van der Waals surface area contributed by atoms with Crippen LogP contribution in [0.3, 0.4) is 0 Å². The summed E-state index contributed by atoms with van der Waals surface area (Å²) in [6.07, 6.45) is -0.416. The summed E-state index contributed by atoms with van der Waals surface area (Å²) in [6.45, 7) is 5.04. The maximum absolute atomic E-state index is 10.3. The fraction of sp³-hybridized carbons (Fsp3) is 0.538. The first-order valence-electron chi connectivity index (χ1n) is 5.31. The zero-order valence-electron chi connectivity index (χ0n) is 10.1. The van der Waals surface area contributed by atoms with E-state index >= 15 is 0 Å². The van der Waals surface area contributed by atoms with Gasteiger partial charge in [-0.05, 0) is 19.7 Å². The van der Waals surface area contributed by atoms with E-state index in [0.717, 1.165) is 12.1 Å². The number of nitrogens with zero attached hydrogens (tertiary/aromatic N) is 1. The van der Waals surface area contributed by atoms with Crippen molar-refractivity contribution in [1.82, 2.24) is 4.90 Å². The van der Waals surface area contributed by atoms with Crippen molar-refractivity contribution in [2.45, 2.75) is 20.0 Å². The summed E-state index contributed by atoms with van der Waals surface area (Å²) >= 11 is 0. The molecule has 0 bridgehead atoms. The summed E-state index contributed by atoms with van der Waals surface area (Å²) in [6, 6.07) is 9.84. The van der Waals surface area contributed by atoms with E-state index in [2.05, 4.69) is 18.7 Å². The fourth-order valence-electron chi connectivity index (χ4n) is 1.99. The quantitative estimate of drug-likeness (QED) is 0.819. The summed E-state index contributed by atoms with van der Waals surface area (Å²) in [5, 5.41) is 10.3. The molecule has 1 aromatic rings. The number of rotatable bonds is 4. The van der Waals surface area contributed by atoms with Gasteiger partial charge < -0.3 is 10.0 Å². The number of aliphatic hydroxyl groups is 1. The minimum Gasteiger partial charge on any atom is -0.388 e. The van der Waals surface area contributed by atoms with Crippen LogP contribution < -0.4 is 0 Å². The summed E-state index contributed by atoms with van der Waals surface area (Å²) in [7, 11) is 4.05. The first kappa shape index (κ1) is 12.2. The van der Waals surface area contributed by atoms with Crippen LogP contribution in [0.5, 0.6) is 0 Å². The zero-order valence-corrected chi connectivity index (χ0v) is 10.1. The van der Waals surface area contributed by atoms with E-state index in [1.165, 1.54) is 0 Å². The molecule has 84 valence electrons. The summed E-state index contributed by atoms with van der Waals surface area (Å²) in [4.78, 5) is 2.10. The number of benzene rings is 1. The molecular weight excluding hydrogens is 186 g/mol. The highest BCUT2D eigenvalue weighted by Gasteiger charge is 2.29. The molecule has 1 aromatic carbocycles. The Hall–Kier alpha value is -0.860. The van der Waals surface area contributed by atoms with Crippen molar-refractivity contribution in [2.24, 2.45) is 5.41 Å². The minimum absolute atomic E-state index is 0.134. The van der Waals surface area contributed by atoms with Crippen molar-refractivity contribution in [1.29, 1.82) is 0 Å². The molecule has 1 N–H and O–H groups in total. The van der Waals surface area contributed by atoms with Gasteiger partial charge in [0.1, 0.15) is 0 Å². The van der Waals surface area contributed by atoms with Crippen molar-refractivity contribution in [3.05, 3.63) is 35.9 Å². The Morgan fingerprint density at radius 2 is 1.73 bits per heavy atom. The van der Waals surface area contributed by atoms with Gasteiger partial charge in [-0.2, -0.15) is 0 Å². The molecule has 0 saturated carbocycles. The fourth-order valence-corrected chi connectivity index (χ4v) is 1.99. The van der Waals surface area contributed by atoms with Gasteiger partial charge in [-0.25, -0.2) is 0 Å². The van der Waals surface area contributed by atoms with E-state index in [0.29, 0.717) is 0 Å². The van der Waals surface area contributed by atoms with E-state index in [4.69, 9.17) is 0 Å². The molecule has 0 radical (unpaired) electrons. The second kappa shape index (κ2) is 4.77. The van der Waals surface area contributed by atoms with E-state index in [9.17, 15) is 5.11 Å². The highest BCUT2D eigenvalue weighted by Crippen LogP contribution is 2.33. The molecule has 0 aromatic heterocycles. The average Bonchev–Trinajstić information content (AvgIpc) is 2.16. The first-order chi connectivity index (χ1) is 6.93. The molecule has 2 heteroatoms. The summed E-state index contributed by atoms with van der Waals surface area (Å²) in [5.41, 5.74) is 0.856. The average molecular weight is 207 g/mol. The van der Waals surface area contributed by atoms with Gasteiger partial charge in [0.15, 0.2) is 0 Å². The SMILES string of the molecule is CN(C)CC(C)(C)[C@H](O)c1ccccc1. The zero-order chi connectivity index (χ0) is 11.5. The maximum atomic E-state index is 10.3. The Kier molecular flexibility index (Phi) is 3.89. The lowest BCUT2D eigenvalue weighted by Crippen LogP contribution is -2.33. The van der Waals surface area contributed by atoms with Crippen LogP contribution in [-0.2, 0) is 0 Å². The van der Waals surface area contributed by atoms with Crippen LogP contribution in [0.1, 0.15) is 25.5 Å². The van der Waals surface area contributed by atoms with Crippen molar-refractivity contribution in [3.8, 4) is 0 Å². The van der Waals surface area contributed by atoms with E-state index in [-0.39, 0.29) is 5.41 Å². The third-order valence-electron chi connectivity index (χ3n) is 2.58. The van der Waals surface area contributed by atoms with Crippen LogP contribution in [0.2, 0.25) is 0 Å². The second-order valence-electron chi connectivity index (χ2n) is 5.04. The van der Waals surface area contributed by atoms with Crippen molar-refractivity contribution < 1.29 is 5.11 Å². The van der Waals surface area contributed by atoms with Crippen molar-refractivity contribution in [2.75, 3.05) is 20.6 Å². The molecule has 1 rings (SSSR count). The first-order valence-corrected chi connectivity index (χ1v) is 5.31. The molecule has 15 heavy (non-hydrogen) atoms. The number of aliphatic hydroxyl groups excluding tert-OH is 1. The van der Waals surface area contributed by atoms with E-state index < -0.39 is 6.10 Å². The van der Waals surface area contributed by atoms with Crippen LogP contribution in [-0.4, -0.2) is 30.6 Å². The smallest absolute Gasteiger partial charge is 0.0853 e. The lowest BCUT2D eigenvalue weighted by Gasteiger charge is -2.33. The topological polar surface area (TPSA) is 23.5 Å². The van der Waals surface area contributed by atoms with Gasteiger partial charge in [0.05, 0.1) is 6.10 Å². The van der Waals surface area contributed by atoms with Gasteiger partial charge in [-0.1, -0.05) is 44.2 Å². The van der Waals surface area contributed by atoms with Gasteiger partial charge in [0.25, 0.3) is 0 Å². The Balaban J connectivity index is 2.79. The molecule has 0 amide bonds. The number of hydrogen-bond acceptors (Lipinski definition) is 2. The third kappa shape index (κ3) is 3.33. The molecule has 0 saturated heterocycles. The largest absolute Gasteiger partial charge is 0.388 e. The second-order valence-corrected chi connectivity index (χ2v) is 5.04. The van der Waals surface area contributed by atoms with Crippen LogP contribution in [0.25, 0.3) is 0 Å². The molecule has 1 atom stereocenters. The molecule has 0 aliphatic carbocycles. The van der Waals surface area contributed by atoms with Gasteiger partial charge in [0, 0.05) is 12.0 Å². The minimum atomic E-state index is -0.416. The molecular formula is C13H21NO. The lowest BCUT2D eigenvalue weighted by molar-refractivity contribution is 0.0307. The summed E-state index contributed by atoms with van der Waals surface area (Å²) in [5.74, 6) is 0.